The van der Waals surface area contributed by atoms with E-state index in [0.717, 1.165) is 0 Å². The van der Waals surface area contributed by atoms with E-state index in [2.05, 4.69) is 11.6 Å². The van der Waals surface area contributed by atoms with E-state index in [1.165, 1.54) is 9.43 Å². The number of hydrogen-bond donors (Lipinski definition) is 0. The third kappa shape index (κ3) is 2.51. The molecule has 0 bridgehead atoms. The lowest BCUT2D eigenvalue weighted by Crippen LogP contribution is -2.62. The number of halogens is 9. The molecule has 0 heterocycles. The molecule has 0 rings (SSSR count). The summed E-state index contributed by atoms with van der Waals surface area (Å²) in [6.07, 6.45) is 0. The van der Waals surface area contributed by atoms with Crippen LogP contribution >= 0.6 is 11.6 Å². The van der Waals surface area contributed by atoms with Crippen LogP contribution in [0.3, 0.4) is 0 Å². The van der Waals surface area contributed by atoms with Gasteiger partial charge in [-0.1, -0.05) is 0 Å². The lowest BCUT2D eigenvalue weighted by atomic mass is 10.2. The highest BCUT2D eigenvalue weighted by Gasteiger charge is 2.84. The van der Waals surface area contributed by atoms with Gasteiger partial charge in [0.1, 0.15) is 0 Å². The molecular weight excluding hydrogens is 342 g/mol. The quantitative estimate of drug-likeness (QED) is 0.253. The van der Waals surface area contributed by atoms with Gasteiger partial charge >= 0.3 is 32.5 Å². The van der Waals surface area contributed by atoms with E-state index in [0.29, 0.717) is 0 Å². The molecule has 0 saturated carbocycles. The maximum absolute atomic E-state index is 12.7. The smallest absolute Gasteiger partial charge is 0.214 e. The van der Waals surface area contributed by atoms with E-state index in [4.69, 9.17) is 5.53 Å². The average Bonchev–Trinajstić information content (AvgIpc) is 2.14. The average molecular weight is 342 g/mol. The zero-order valence-corrected chi connectivity index (χ0v) is 9.54. The molecule has 0 aromatic rings. The van der Waals surface area contributed by atoms with Crippen molar-refractivity contribution in [2.24, 2.45) is 4.52 Å². The van der Waals surface area contributed by atoms with Crippen molar-refractivity contribution in [3.8, 4) is 0 Å². The minimum absolute atomic E-state index is 1.19. The number of rotatable bonds is 5. The van der Waals surface area contributed by atoms with Crippen molar-refractivity contribution >= 4 is 21.6 Å². The highest BCUT2D eigenvalue weighted by molar-refractivity contribution is 7.91. The second-order valence-corrected chi connectivity index (χ2v) is 4.91. The minimum atomic E-state index is -7.14. The minimum Gasteiger partial charge on any atom is -0.214 e. The van der Waals surface area contributed by atoms with Crippen molar-refractivity contribution in [2.75, 3.05) is 0 Å². The molecule has 0 spiro atoms. The Balaban J connectivity index is 6.14. The van der Waals surface area contributed by atoms with Crippen LogP contribution in [0.4, 0.5) is 35.1 Å². The molecule has 0 atom stereocenters. The Kier molecular flexibility index (Phi) is 4.28. The SMILES string of the molecule is [N-]=[N+]=NS(=O)(=O)C(F)(F)C(F)(F)C(F)(F)C(F)(F)Cl. The summed E-state index contributed by atoms with van der Waals surface area (Å²) < 4.78 is 122. The Morgan fingerprint density at radius 1 is 0.947 bits per heavy atom. The predicted octanol–water partition coefficient (Wildman–Crippen LogP) is 3.32. The van der Waals surface area contributed by atoms with Gasteiger partial charge in [-0.2, -0.15) is 35.1 Å². The molecule has 0 aromatic carbocycles. The fourth-order valence-electron chi connectivity index (χ4n) is 0.622. The van der Waals surface area contributed by atoms with E-state index < -0.39 is 32.5 Å². The van der Waals surface area contributed by atoms with Crippen LogP contribution in [0, 0.1) is 0 Å². The van der Waals surface area contributed by atoms with Crippen LogP contribution in [-0.4, -0.2) is 30.9 Å². The fourth-order valence-corrected chi connectivity index (χ4v) is 1.39. The number of sulfonamides is 1. The van der Waals surface area contributed by atoms with E-state index >= 15 is 0 Å². The Labute approximate surface area is 103 Å². The zero-order valence-electron chi connectivity index (χ0n) is 7.97. The molecule has 0 fully saturated rings. The van der Waals surface area contributed by atoms with Crippen molar-refractivity contribution < 1.29 is 43.5 Å². The molecule has 0 aliphatic rings. The fraction of sp³-hybridized carbons (Fsp3) is 1.00. The molecule has 0 aliphatic heterocycles. The maximum Gasteiger partial charge on any atom is 0.421 e. The summed E-state index contributed by atoms with van der Waals surface area (Å²) in [4.78, 5) is 1.19. The number of hydrogen-bond acceptors (Lipinski definition) is 2. The summed E-state index contributed by atoms with van der Waals surface area (Å²) in [5.74, 6) is -14.1. The molecule has 0 saturated heterocycles. The zero-order chi connectivity index (χ0) is 15.9. The molecule has 0 N–H and O–H groups in total. The Morgan fingerprint density at radius 2 is 1.32 bits per heavy atom. The van der Waals surface area contributed by atoms with Crippen LogP contribution < -0.4 is 0 Å². The second-order valence-electron chi connectivity index (χ2n) is 2.81. The van der Waals surface area contributed by atoms with E-state index in [1.54, 1.807) is 0 Å². The third-order valence-electron chi connectivity index (χ3n) is 1.58. The van der Waals surface area contributed by atoms with Gasteiger partial charge < -0.3 is 0 Å². The van der Waals surface area contributed by atoms with Gasteiger partial charge in [-0.05, 0) is 17.1 Å². The summed E-state index contributed by atoms with van der Waals surface area (Å²) in [5.41, 5.74) is 7.53. The van der Waals surface area contributed by atoms with E-state index in [1.807, 2.05) is 0 Å². The van der Waals surface area contributed by atoms with Gasteiger partial charge in [0.2, 0.25) is 0 Å². The topological polar surface area (TPSA) is 82.9 Å². The molecular formula is C4ClF8N3O2S. The van der Waals surface area contributed by atoms with Crippen LogP contribution in [0.15, 0.2) is 4.52 Å². The number of azide groups is 1. The molecule has 0 radical (unpaired) electrons. The van der Waals surface area contributed by atoms with Crippen molar-refractivity contribution in [1.82, 2.24) is 0 Å². The second kappa shape index (κ2) is 4.52. The predicted molar refractivity (Wildman–Crippen MR) is 43.7 cm³/mol. The first kappa shape index (κ1) is 18.0. The Bertz CT molecular complexity index is 507. The van der Waals surface area contributed by atoms with Gasteiger partial charge in [0, 0.05) is 9.43 Å². The Hall–Kier alpha value is -1.01. The molecule has 5 nitrogen and oxygen atoms in total. The highest BCUT2D eigenvalue weighted by Crippen LogP contribution is 2.55. The van der Waals surface area contributed by atoms with Crippen LogP contribution in [0.25, 0.3) is 10.4 Å². The third-order valence-corrected chi connectivity index (χ3v) is 3.01. The molecule has 19 heavy (non-hydrogen) atoms. The molecule has 15 heteroatoms. The first-order valence-electron chi connectivity index (χ1n) is 3.57. The van der Waals surface area contributed by atoms with Crippen LogP contribution in [0.1, 0.15) is 0 Å². The summed E-state index contributed by atoms with van der Waals surface area (Å²) >= 11 is 3.55. The van der Waals surface area contributed by atoms with Crippen molar-refractivity contribution in [1.29, 1.82) is 0 Å². The Morgan fingerprint density at radius 3 is 1.58 bits per heavy atom. The first-order chi connectivity index (χ1) is 8.06. The summed E-state index contributed by atoms with van der Waals surface area (Å²) in [6, 6.07) is 0. The van der Waals surface area contributed by atoms with Crippen molar-refractivity contribution in [3.63, 3.8) is 0 Å². The van der Waals surface area contributed by atoms with Crippen molar-refractivity contribution in [2.45, 2.75) is 22.5 Å². The normalized spacial score (nSPS) is 15.0. The standard InChI is InChI=1S/C4ClF8N3O2S/c5-3(10,11)1(6,7)2(8,9)4(12,13)19(17,18)16-15-14. The van der Waals surface area contributed by atoms with Crippen LogP contribution in [-0.2, 0) is 10.0 Å². The molecule has 0 amide bonds. The molecule has 0 aromatic heterocycles. The summed E-state index contributed by atoms with van der Waals surface area (Å²) in [6.45, 7) is 0. The van der Waals surface area contributed by atoms with Gasteiger partial charge in [-0.15, -0.1) is 0 Å². The maximum atomic E-state index is 12.7. The number of alkyl halides is 9. The lowest BCUT2D eigenvalue weighted by Gasteiger charge is -2.32. The summed E-state index contributed by atoms with van der Waals surface area (Å²) in [5, 5.41) is -13.0. The van der Waals surface area contributed by atoms with Crippen molar-refractivity contribution in [3.05, 3.63) is 10.4 Å². The number of nitrogens with zero attached hydrogens (tertiary/aromatic N) is 3. The molecule has 0 unspecified atom stereocenters. The van der Waals surface area contributed by atoms with Gasteiger partial charge in [0.05, 0.1) is 0 Å². The van der Waals surface area contributed by atoms with E-state index in [9.17, 15) is 43.5 Å². The lowest BCUT2D eigenvalue weighted by molar-refractivity contribution is -0.326. The highest BCUT2D eigenvalue weighted by atomic mass is 35.5. The van der Waals surface area contributed by atoms with Gasteiger partial charge in [-0.25, -0.2) is 8.42 Å². The monoisotopic (exact) mass is 341 g/mol. The first-order valence-corrected chi connectivity index (χ1v) is 5.39. The van der Waals surface area contributed by atoms with Crippen LogP contribution in [0.2, 0.25) is 0 Å². The van der Waals surface area contributed by atoms with Gasteiger partial charge in [0.25, 0.3) is 0 Å². The van der Waals surface area contributed by atoms with E-state index in [-0.39, 0.29) is 0 Å². The van der Waals surface area contributed by atoms with Crippen LogP contribution in [0.5, 0.6) is 0 Å². The van der Waals surface area contributed by atoms with Gasteiger partial charge in [0.15, 0.2) is 0 Å². The largest absolute Gasteiger partial charge is 0.421 e. The molecule has 0 aliphatic carbocycles. The summed E-state index contributed by atoms with van der Waals surface area (Å²) in [7, 11) is -6.86. The molecule has 112 valence electrons. The van der Waals surface area contributed by atoms with Gasteiger partial charge in [-0.3, -0.25) is 0 Å².